The molecule has 0 aliphatic carbocycles. The number of carbonyl (C=O) groups excluding carboxylic acids is 1. The van der Waals surface area contributed by atoms with Gasteiger partial charge in [-0.2, -0.15) is 0 Å². The van der Waals surface area contributed by atoms with E-state index in [4.69, 9.17) is 4.98 Å². The molecular formula is C30H36N4O3. The fourth-order valence-electron chi connectivity index (χ4n) is 5.61. The van der Waals surface area contributed by atoms with Gasteiger partial charge in [-0.3, -0.25) is 9.59 Å². The zero-order valence-corrected chi connectivity index (χ0v) is 21.3. The van der Waals surface area contributed by atoms with Crippen LogP contribution in [0.2, 0.25) is 0 Å². The Morgan fingerprint density at radius 1 is 1.11 bits per heavy atom. The van der Waals surface area contributed by atoms with Gasteiger partial charge < -0.3 is 20.6 Å². The average molecular weight is 501 g/mol. The summed E-state index contributed by atoms with van der Waals surface area (Å²) in [6, 6.07) is 17.7. The number of pyridine rings is 1. The lowest BCUT2D eigenvalue weighted by atomic mass is 9.94. The van der Waals surface area contributed by atoms with Gasteiger partial charge >= 0.3 is 5.97 Å². The number of carbonyl (C=O) groups is 2. The number of aromatic nitrogens is 1. The van der Waals surface area contributed by atoms with Gasteiger partial charge in [-0.1, -0.05) is 42.5 Å². The van der Waals surface area contributed by atoms with Gasteiger partial charge in [-0.05, 0) is 85.6 Å². The van der Waals surface area contributed by atoms with Crippen LogP contribution in [0.15, 0.2) is 54.6 Å². The molecule has 0 saturated carbocycles. The standard InChI is InChI=1S/C30H36N4O3/c35-28(36)19-27(24-12-11-21-6-1-2-7-23(21)18-24)33-30(37)25-9-4-16-34(20-25)17-5-10-26-14-13-22-8-3-15-31-29(22)32-26/h1-2,6-7,11-14,18,25,27H,3-5,8-10,15-17,19-20H2,(H,31,32)(H,33,37)(H,35,36)/t25-,27?/m1/s1. The largest absolute Gasteiger partial charge is 0.481 e. The van der Waals surface area contributed by atoms with Crippen molar-refractivity contribution in [3.05, 3.63) is 71.4 Å². The number of likely N-dealkylation sites (tertiary alicyclic amines) is 1. The summed E-state index contributed by atoms with van der Waals surface area (Å²) in [7, 11) is 0. The molecule has 1 aromatic heterocycles. The topological polar surface area (TPSA) is 94.6 Å². The van der Waals surface area contributed by atoms with Crippen LogP contribution in [-0.2, 0) is 22.4 Å². The van der Waals surface area contributed by atoms with Crippen LogP contribution in [0.25, 0.3) is 10.8 Å². The molecule has 2 aliphatic rings. The summed E-state index contributed by atoms with van der Waals surface area (Å²) in [5.74, 6) is -0.0568. The van der Waals surface area contributed by atoms with Crippen molar-refractivity contribution in [2.24, 2.45) is 5.92 Å². The van der Waals surface area contributed by atoms with Crippen molar-refractivity contribution in [2.75, 3.05) is 31.5 Å². The summed E-state index contributed by atoms with van der Waals surface area (Å²) >= 11 is 0. The van der Waals surface area contributed by atoms with E-state index < -0.39 is 12.0 Å². The average Bonchev–Trinajstić information content (AvgIpc) is 2.92. The fourth-order valence-corrected chi connectivity index (χ4v) is 5.61. The summed E-state index contributed by atoms with van der Waals surface area (Å²) < 4.78 is 0. The quantitative estimate of drug-likeness (QED) is 0.399. The molecule has 1 amide bonds. The summed E-state index contributed by atoms with van der Waals surface area (Å²) in [6.07, 6.45) is 5.85. The molecule has 2 aliphatic heterocycles. The zero-order valence-electron chi connectivity index (χ0n) is 21.3. The lowest BCUT2D eigenvalue weighted by molar-refractivity contribution is -0.138. The molecule has 2 aromatic carbocycles. The van der Waals surface area contributed by atoms with E-state index >= 15 is 0 Å². The highest BCUT2D eigenvalue weighted by Crippen LogP contribution is 2.25. The number of nitrogens with one attached hydrogen (secondary N) is 2. The van der Waals surface area contributed by atoms with Crippen LogP contribution < -0.4 is 10.6 Å². The number of fused-ring (bicyclic) bond motifs is 2. The molecule has 0 radical (unpaired) electrons. The number of piperidine rings is 1. The lowest BCUT2D eigenvalue weighted by Crippen LogP contribution is -2.44. The van der Waals surface area contributed by atoms with Crippen LogP contribution in [0.4, 0.5) is 5.82 Å². The minimum atomic E-state index is -0.922. The van der Waals surface area contributed by atoms with Crippen LogP contribution in [0.1, 0.15) is 55.0 Å². The number of nitrogens with zero attached hydrogens (tertiary/aromatic N) is 2. The molecule has 2 atom stereocenters. The highest BCUT2D eigenvalue weighted by atomic mass is 16.4. The van der Waals surface area contributed by atoms with Gasteiger partial charge in [-0.25, -0.2) is 4.98 Å². The van der Waals surface area contributed by atoms with Gasteiger partial charge in [0.05, 0.1) is 18.4 Å². The van der Waals surface area contributed by atoms with Crippen molar-refractivity contribution >= 4 is 28.5 Å². The number of carboxylic acids is 1. The molecule has 3 heterocycles. The number of anilines is 1. The Hall–Kier alpha value is -3.45. The number of hydrogen-bond acceptors (Lipinski definition) is 5. The van der Waals surface area contributed by atoms with Gasteiger partial charge in [0, 0.05) is 18.8 Å². The summed E-state index contributed by atoms with van der Waals surface area (Å²) in [5, 5.41) is 18.1. The molecule has 5 rings (SSSR count). The predicted octanol–water partition coefficient (Wildman–Crippen LogP) is 4.57. The highest BCUT2D eigenvalue weighted by Gasteiger charge is 2.28. The molecule has 1 unspecified atom stereocenters. The summed E-state index contributed by atoms with van der Waals surface area (Å²) in [5.41, 5.74) is 3.25. The van der Waals surface area contributed by atoms with Crippen molar-refractivity contribution in [2.45, 2.75) is 51.0 Å². The minimum absolute atomic E-state index is 0.0495. The van der Waals surface area contributed by atoms with E-state index in [0.717, 1.165) is 86.0 Å². The van der Waals surface area contributed by atoms with E-state index in [0.29, 0.717) is 6.54 Å². The summed E-state index contributed by atoms with van der Waals surface area (Å²) in [4.78, 5) is 32.0. The van der Waals surface area contributed by atoms with Crippen LogP contribution in [0.5, 0.6) is 0 Å². The molecule has 0 bridgehead atoms. The van der Waals surface area contributed by atoms with E-state index in [1.807, 2.05) is 42.5 Å². The molecule has 3 aromatic rings. The van der Waals surface area contributed by atoms with Crippen molar-refractivity contribution in [3.8, 4) is 0 Å². The van der Waals surface area contributed by atoms with Crippen LogP contribution >= 0.6 is 0 Å². The second-order valence-corrected chi connectivity index (χ2v) is 10.3. The Morgan fingerprint density at radius 2 is 1.97 bits per heavy atom. The summed E-state index contributed by atoms with van der Waals surface area (Å²) in [6.45, 7) is 3.63. The first-order chi connectivity index (χ1) is 18.0. The van der Waals surface area contributed by atoms with E-state index in [9.17, 15) is 14.7 Å². The van der Waals surface area contributed by atoms with E-state index in [2.05, 4.69) is 27.7 Å². The SMILES string of the molecule is O=C(O)CC(NC(=O)[C@@H]1CCCN(CCCc2ccc3c(n2)NCCC3)C1)c1ccc2ccccc2c1. The Morgan fingerprint density at radius 3 is 2.84 bits per heavy atom. The molecule has 0 spiro atoms. The lowest BCUT2D eigenvalue weighted by Gasteiger charge is -2.33. The maximum atomic E-state index is 13.3. The highest BCUT2D eigenvalue weighted by molar-refractivity contribution is 5.84. The Kier molecular flexibility index (Phi) is 7.99. The maximum Gasteiger partial charge on any atom is 0.305 e. The van der Waals surface area contributed by atoms with Gasteiger partial charge in [0.2, 0.25) is 5.91 Å². The van der Waals surface area contributed by atoms with Crippen molar-refractivity contribution in [1.82, 2.24) is 15.2 Å². The van der Waals surface area contributed by atoms with Crippen molar-refractivity contribution in [1.29, 1.82) is 0 Å². The fraction of sp³-hybridized carbons (Fsp3) is 0.433. The Labute approximate surface area is 218 Å². The first kappa shape index (κ1) is 25.2. The van der Waals surface area contributed by atoms with Crippen LogP contribution in [-0.4, -0.2) is 53.0 Å². The number of rotatable bonds is 9. The molecule has 37 heavy (non-hydrogen) atoms. The van der Waals surface area contributed by atoms with Gasteiger partial charge in [0.25, 0.3) is 0 Å². The third kappa shape index (κ3) is 6.46. The smallest absolute Gasteiger partial charge is 0.305 e. The Bertz CT molecular complexity index is 1260. The van der Waals surface area contributed by atoms with Crippen molar-refractivity contribution in [3.63, 3.8) is 0 Å². The minimum Gasteiger partial charge on any atom is -0.481 e. The van der Waals surface area contributed by atoms with E-state index in [1.54, 1.807) is 0 Å². The van der Waals surface area contributed by atoms with Gasteiger partial charge in [0.1, 0.15) is 5.82 Å². The number of aryl methyl sites for hydroxylation is 2. The van der Waals surface area contributed by atoms with Crippen molar-refractivity contribution < 1.29 is 14.7 Å². The molecule has 1 saturated heterocycles. The monoisotopic (exact) mass is 500 g/mol. The Balaban J connectivity index is 1.16. The van der Waals surface area contributed by atoms with E-state index in [1.165, 1.54) is 5.56 Å². The molecule has 3 N–H and O–H groups in total. The number of benzene rings is 2. The van der Waals surface area contributed by atoms with Crippen LogP contribution in [0, 0.1) is 5.92 Å². The molecule has 7 heteroatoms. The zero-order chi connectivity index (χ0) is 25.6. The maximum absolute atomic E-state index is 13.3. The molecule has 7 nitrogen and oxygen atoms in total. The first-order valence-electron chi connectivity index (χ1n) is 13.5. The molecule has 1 fully saturated rings. The number of carboxylic acid groups (broad SMARTS) is 1. The normalized spacial score (nSPS) is 18.5. The molecular weight excluding hydrogens is 464 g/mol. The third-order valence-electron chi connectivity index (χ3n) is 7.61. The first-order valence-corrected chi connectivity index (χ1v) is 13.5. The number of amides is 1. The third-order valence-corrected chi connectivity index (χ3v) is 7.61. The van der Waals surface area contributed by atoms with E-state index in [-0.39, 0.29) is 18.2 Å². The predicted molar refractivity (Wildman–Crippen MR) is 146 cm³/mol. The second kappa shape index (κ2) is 11.7. The van der Waals surface area contributed by atoms with Gasteiger partial charge in [0.15, 0.2) is 0 Å². The van der Waals surface area contributed by atoms with Gasteiger partial charge in [-0.15, -0.1) is 0 Å². The number of hydrogen-bond donors (Lipinski definition) is 3. The molecule has 194 valence electrons. The van der Waals surface area contributed by atoms with Crippen LogP contribution in [0.3, 0.4) is 0 Å². The second-order valence-electron chi connectivity index (χ2n) is 10.3. The number of aliphatic carboxylic acids is 1.